The van der Waals surface area contributed by atoms with E-state index in [4.69, 9.17) is 14.9 Å². The Labute approximate surface area is 225 Å². The monoisotopic (exact) mass is 573 g/mol. The standard InChI is InChI=1S/C22H43N3O14/c1-22(2,3)25-21(38)39-14(20(37)24-7-11(29)17(34)19(36)13(31)9-27)4-5-15(32)23-6-10(28)16(33)18(35)12(30)8-26/h10-14,16-19,26-31,33-36H,4-9H2,1-3H3,(H,23,32)(H,24,37)(H,25,38)/t10-,11-,12+,13+,14-,16+,17+,18+,19+/m0/s1. The normalized spacial score (nSPS) is 18.9. The van der Waals surface area contributed by atoms with E-state index in [1.165, 1.54) is 0 Å². The number of alkyl carbamates (subject to hydrolysis) is 1. The summed E-state index contributed by atoms with van der Waals surface area (Å²) < 4.78 is 5.09. The Balaban J connectivity index is 5.13. The zero-order valence-electron chi connectivity index (χ0n) is 22.0. The van der Waals surface area contributed by atoms with Gasteiger partial charge in [0, 0.05) is 31.5 Å². The summed E-state index contributed by atoms with van der Waals surface area (Å²) in [5, 5.41) is 102. The predicted octanol–water partition coefficient (Wildman–Crippen LogP) is -6.24. The number of aliphatic hydroxyl groups excluding tert-OH is 10. The average molecular weight is 574 g/mol. The molecule has 17 nitrogen and oxygen atoms in total. The quantitative estimate of drug-likeness (QED) is 0.0770. The highest BCUT2D eigenvalue weighted by Gasteiger charge is 2.33. The van der Waals surface area contributed by atoms with Crippen molar-refractivity contribution in [3.63, 3.8) is 0 Å². The van der Waals surface area contributed by atoms with Gasteiger partial charge in [0.05, 0.1) is 25.4 Å². The molecule has 0 unspecified atom stereocenters. The summed E-state index contributed by atoms with van der Waals surface area (Å²) in [5.74, 6) is -1.76. The molecule has 0 aromatic carbocycles. The molecule has 0 saturated heterocycles. The average Bonchev–Trinajstić information content (AvgIpc) is 2.88. The first-order valence-corrected chi connectivity index (χ1v) is 12.1. The molecule has 3 amide bonds. The van der Waals surface area contributed by atoms with Crippen molar-refractivity contribution in [1.82, 2.24) is 16.0 Å². The fourth-order valence-corrected chi connectivity index (χ4v) is 2.96. The van der Waals surface area contributed by atoms with Gasteiger partial charge < -0.3 is 71.8 Å². The van der Waals surface area contributed by atoms with Crippen LogP contribution in [0, 0.1) is 0 Å². The van der Waals surface area contributed by atoms with Crippen LogP contribution in [0.5, 0.6) is 0 Å². The molecule has 0 saturated carbocycles. The SMILES string of the molecule is CC(C)(C)NC(=O)O[C@@H](CCC(=O)NC[C@H](O)[C@@H](O)[C@H](O)[C@H](O)CO)C(=O)NC[C@H](O)[C@@H](O)[C@H](O)[C@H](O)CO. The molecule has 0 aliphatic carbocycles. The Morgan fingerprint density at radius 3 is 1.51 bits per heavy atom. The molecule has 0 spiro atoms. The molecule has 0 aliphatic rings. The minimum atomic E-state index is -1.96. The van der Waals surface area contributed by atoms with Gasteiger partial charge in [-0.2, -0.15) is 0 Å². The summed E-state index contributed by atoms with van der Waals surface area (Å²) in [6, 6.07) is 0. The summed E-state index contributed by atoms with van der Waals surface area (Å²) in [5.41, 5.74) is -0.745. The first-order valence-electron chi connectivity index (χ1n) is 12.1. The lowest BCUT2D eigenvalue weighted by atomic mass is 10.0. The van der Waals surface area contributed by atoms with Gasteiger partial charge in [0.15, 0.2) is 6.10 Å². The van der Waals surface area contributed by atoms with E-state index in [9.17, 15) is 55.2 Å². The van der Waals surface area contributed by atoms with Gasteiger partial charge in [0.2, 0.25) is 5.91 Å². The summed E-state index contributed by atoms with van der Waals surface area (Å²) in [6.45, 7) is 1.87. The van der Waals surface area contributed by atoms with Crippen LogP contribution in [0.2, 0.25) is 0 Å². The number of carbonyl (C=O) groups is 3. The predicted molar refractivity (Wildman–Crippen MR) is 131 cm³/mol. The van der Waals surface area contributed by atoms with E-state index in [-0.39, 0.29) is 0 Å². The maximum Gasteiger partial charge on any atom is 0.408 e. The lowest BCUT2D eigenvalue weighted by Crippen LogP contribution is -2.51. The molecule has 39 heavy (non-hydrogen) atoms. The van der Waals surface area contributed by atoms with Crippen molar-refractivity contribution in [2.45, 2.75) is 94.1 Å². The van der Waals surface area contributed by atoms with Gasteiger partial charge in [0.1, 0.15) is 36.6 Å². The molecular weight excluding hydrogens is 530 g/mol. The van der Waals surface area contributed by atoms with Crippen LogP contribution in [-0.4, -0.2) is 156 Å². The van der Waals surface area contributed by atoms with Crippen LogP contribution in [0.15, 0.2) is 0 Å². The minimum Gasteiger partial charge on any atom is -0.436 e. The summed E-state index contributed by atoms with van der Waals surface area (Å²) in [4.78, 5) is 37.0. The number of aliphatic hydroxyl groups is 10. The van der Waals surface area contributed by atoms with E-state index in [0.29, 0.717) is 0 Å². The minimum absolute atomic E-state index is 0.399. The number of rotatable bonds is 17. The van der Waals surface area contributed by atoms with E-state index >= 15 is 0 Å². The highest BCUT2D eigenvalue weighted by Crippen LogP contribution is 2.09. The Morgan fingerprint density at radius 2 is 1.10 bits per heavy atom. The summed E-state index contributed by atoms with van der Waals surface area (Å²) in [6.07, 6.45) is -18.2. The van der Waals surface area contributed by atoms with E-state index in [2.05, 4.69) is 16.0 Å². The van der Waals surface area contributed by atoms with Crippen molar-refractivity contribution >= 4 is 17.9 Å². The molecule has 0 aromatic heterocycles. The maximum atomic E-state index is 12.6. The number of amides is 3. The van der Waals surface area contributed by atoms with Crippen LogP contribution in [-0.2, 0) is 14.3 Å². The van der Waals surface area contributed by atoms with Crippen molar-refractivity contribution in [3.8, 4) is 0 Å². The number of nitrogens with one attached hydrogen (secondary N) is 3. The highest BCUT2D eigenvalue weighted by atomic mass is 16.6. The lowest BCUT2D eigenvalue weighted by Gasteiger charge is -2.27. The number of hydrogen-bond donors (Lipinski definition) is 13. The van der Waals surface area contributed by atoms with Gasteiger partial charge >= 0.3 is 6.09 Å². The molecule has 0 radical (unpaired) electrons. The Kier molecular flexibility index (Phi) is 16.5. The second-order valence-corrected chi connectivity index (χ2v) is 9.95. The number of hydrogen-bond acceptors (Lipinski definition) is 14. The van der Waals surface area contributed by atoms with Gasteiger partial charge in [-0.1, -0.05) is 0 Å². The van der Waals surface area contributed by atoms with E-state index < -0.39 is 118 Å². The lowest BCUT2D eigenvalue weighted by molar-refractivity contribution is -0.134. The number of ether oxygens (including phenoxy) is 1. The molecular formula is C22H43N3O14. The van der Waals surface area contributed by atoms with E-state index in [1.807, 2.05) is 0 Å². The molecule has 0 rings (SSSR count). The summed E-state index contributed by atoms with van der Waals surface area (Å²) in [7, 11) is 0. The zero-order valence-corrected chi connectivity index (χ0v) is 22.0. The molecule has 0 bridgehead atoms. The molecule has 0 heterocycles. The van der Waals surface area contributed by atoms with Crippen molar-refractivity contribution in [3.05, 3.63) is 0 Å². The topological polar surface area (TPSA) is 299 Å². The molecule has 17 heteroatoms. The molecule has 0 fully saturated rings. The Bertz CT molecular complexity index is 752. The van der Waals surface area contributed by atoms with Gasteiger partial charge in [-0.25, -0.2) is 4.79 Å². The largest absolute Gasteiger partial charge is 0.436 e. The smallest absolute Gasteiger partial charge is 0.408 e. The summed E-state index contributed by atoms with van der Waals surface area (Å²) >= 11 is 0. The second-order valence-electron chi connectivity index (χ2n) is 9.95. The van der Waals surface area contributed by atoms with Crippen LogP contribution in [0.25, 0.3) is 0 Å². The first kappa shape index (κ1) is 36.8. The third-order valence-corrected chi connectivity index (χ3v) is 5.30. The van der Waals surface area contributed by atoms with Crippen LogP contribution >= 0.6 is 0 Å². The van der Waals surface area contributed by atoms with Crippen LogP contribution < -0.4 is 16.0 Å². The second kappa shape index (κ2) is 17.5. The van der Waals surface area contributed by atoms with Crippen molar-refractivity contribution in [2.75, 3.05) is 26.3 Å². The van der Waals surface area contributed by atoms with Crippen LogP contribution in [0.3, 0.4) is 0 Å². The van der Waals surface area contributed by atoms with E-state index in [0.717, 1.165) is 0 Å². The van der Waals surface area contributed by atoms with Crippen molar-refractivity contribution in [1.29, 1.82) is 0 Å². The molecule has 9 atom stereocenters. The van der Waals surface area contributed by atoms with Gasteiger partial charge in [0.25, 0.3) is 5.91 Å². The van der Waals surface area contributed by atoms with Gasteiger partial charge in [-0.3, -0.25) is 9.59 Å². The Morgan fingerprint density at radius 1 is 0.692 bits per heavy atom. The van der Waals surface area contributed by atoms with Crippen molar-refractivity contribution < 1.29 is 70.2 Å². The van der Waals surface area contributed by atoms with Crippen molar-refractivity contribution in [2.24, 2.45) is 0 Å². The first-order chi connectivity index (χ1) is 17.9. The molecule has 0 aromatic rings. The van der Waals surface area contributed by atoms with E-state index in [1.54, 1.807) is 20.8 Å². The highest BCUT2D eigenvalue weighted by molar-refractivity contribution is 5.84. The number of carbonyl (C=O) groups excluding carboxylic acids is 3. The third-order valence-electron chi connectivity index (χ3n) is 5.30. The molecule has 0 aliphatic heterocycles. The Hall–Kier alpha value is -2.19. The fraction of sp³-hybridized carbons (Fsp3) is 0.864. The van der Waals surface area contributed by atoms with Crippen LogP contribution in [0.1, 0.15) is 33.6 Å². The zero-order chi connectivity index (χ0) is 30.5. The maximum absolute atomic E-state index is 12.6. The third kappa shape index (κ3) is 14.1. The van der Waals surface area contributed by atoms with Gasteiger partial charge in [-0.15, -0.1) is 0 Å². The van der Waals surface area contributed by atoms with Gasteiger partial charge in [-0.05, 0) is 20.8 Å². The molecule has 13 N–H and O–H groups in total. The molecule has 230 valence electrons. The van der Waals surface area contributed by atoms with Crippen LogP contribution in [0.4, 0.5) is 4.79 Å². The fourth-order valence-electron chi connectivity index (χ4n) is 2.96.